The summed E-state index contributed by atoms with van der Waals surface area (Å²) in [5.41, 5.74) is 8.50. The second kappa shape index (κ2) is 15.6. The number of primary amides is 2. The Kier molecular flexibility index (Phi) is 24.8. The van der Waals surface area contributed by atoms with Gasteiger partial charge in [0.15, 0.2) is 0 Å². The van der Waals surface area contributed by atoms with Gasteiger partial charge in [0, 0.05) is 0 Å². The van der Waals surface area contributed by atoms with E-state index in [0.29, 0.717) is 0 Å². The van der Waals surface area contributed by atoms with Crippen LogP contribution < -0.4 is 11.5 Å². The van der Waals surface area contributed by atoms with Crippen molar-refractivity contribution in [1.82, 2.24) is 0 Å². The summed E-state index contributed by atoms with van der Waals surface area (Å²) >= 11 is 0. The number of amides is 2. The Morgan fingerprint density at radius 3 is 1.10 bits per heavy atom. The maximum Gasteiger partial charge on any atom is 0.309 e. The molecule has 4 N–H and O–H groups in total. The molecule has 0 radical (unpaired) electrons. The van der Waals surface area contributed by atoms with E-state index < -0.39 is 6.03 Å². The zero-order valence-electron chi connectivity index (χ0n) is 6.09. The van der Waals surface area contributed by atoms with Gasteiger partial charge in [0.25, 0.3) is 0 Å². The number of nitrogens with two attached hydrogens (primary N) is 2. The summed E-state index contributed by atoms with van der Waals surface area (Å²) in [6, 6.07) is -0.833. The second-order valence-electron chi connectivity index (χ2n) is 1.31. The molecule has 0 spiro atoms. The molecule has 0 fully saturated rings. The maximum atomic E-state index is 9.44. The Bertz CT molecular complexity index is 83.1. The standard InChI is InChI=1S/C3H6O.CH4N2O.CH2O/c1-3(2)4;2-1(3)4;1-2/h1-2H3;(H4,2,3,4);1H2. The molecular weight excluding hydrogens is 136 g/mol. The monoisotopic (exact) mass is 148 g/mol. The van der Waals surface area contributed by atoms with Crippen molar-refractivity contribution in [2.24, 2.45) is 11.5 Å². The highest BCUT2D eigenvalue weighted by Gasteiger charge is 1.62. The van der Waals surface area contributed by atoms with Crippen LogP contribution >= 0.6 is 0 Å². The van der Waals surface area contributed by atoms with Crippen LogP contribution in [-0.4, -0.2) is 18.6 Å². The first-order chi connectivity index (χ1) is 4.46. The van der Waals surface area contributed by atoms with Crippen LogP contribution in [0.25, 0.3) is 0 Å². The molecule has 0 aliphatic carbocycles. The van der Waals surface area contributed by atoms with E-state index in [2.05, 4.69) is 11.5 Å². The molecule has 0 aromatic carbocycles. The lowest BCUT2D eigenvalue weighted by Crippen LogP contribution is -2.18. The largest absolute Gasteiger partial charge is 0.352 e. The van der Waals surface area contributed by atoms with Crippen LogP contribution in [0.1, 0.15) is 13.8 Å². The molecule has 0 rings (SSSR count). The van der Waals surface area contributed by atoms with Gasteiger partial charge in [-0.3, -0.25) is 0 Å². The average Bonchev–Trinajstić information content (AvgIpc) is 1.66. The van der Waals surface area contributed by atoms with E-state index in [1.54, 1.807) is 0 Å². The molecule has 0 saturated heterocycles. The normalized spacial score (nSPS) is 5.40. The Balaban J connectivity index is -0.0000000787. The number of rotatable bonds is 0. The van der Waals surface area contributed by atoms with E-state index in [4.69, 9.17) is 9.59 Å². The van der Waals surface area contributed by atoms with E-state index in [-0.39, 0.29) is 5.78 Å². The SMILES string of the molecule is C=O.CC(C)=O.NC(N)=O. The highest BCUT2D eigenvalue weighted by Crippen LogP contribution is 1.50. The minimum absolute atomic E-state index is 0.167. The molecule has 60 valence electrons. The van der Waals surface area contributed by atoms with E-state index >= 15 is 0 Å². The summed E-state index contributed by atoms with van der Waals surface area (Å²) in [5, 5.41) is 0. The third-order valence-corrected chi connectivity index (χ3v) is 0. The van der Waals surface area contributed by atoms with Crippen LogP contribution in [0.4, 0.5) is 4.79 Å². The Morgan fingerprint density at radius 2 is 1.10 bits per heavy atom. The fourth-order valence-corrected chi connectivity index (χ4v) is 0. The summed E-state index contributed by atoms with van der Waals surface area (Å²) in [6.07, 6.45) is 0. The number of hydrogen-bond acceptors (Lipinski definition) is 3. The number of carbonyl (C=O) groups excluding carboxylic acids is 3. The second-order valence-corrected chi connectivity index (χ2v) is 1.31. The van der Waals surface area contributed by atoms with E-state index in [0.717, 1.165) is 0 Å². The fourth-order valence-electron chi connectivity index (χ4n) is 0. The Morgan fingerprint density at radius 1 is 1.10 bits per heavy atom. The molecule has 0 aromatic heterocycles. The molecule has 0 saturated carbocycles. The van der Waals surface area contributed by atoms with Crippen LogP contribution in [0, 0.1) is 0 Å². The zero-order chi connectivity index (χ0) is 9.15. The predicted molar refractivity (Wildman–Crippen MR) is 37.2 cm³/mol. The van der Waals surface area contributed by atoms with Crippen molar-refractivity contribution in [2.75, 3.05) is 0 Å². The third-order valence-electron chi connectivity index (χ3n) is 0. The molecule has 0 unspecified atom stereocenters. The number of carbonyl (C=O) groups is 3. The molecule has 0 heterocycles. The zero-order valence-corrected chi connectivity index (χ0v) is 6.09. The topological polar surface area (TPSA) is 103 Å². The van der Waals surface area contributed by atoms with Crippen molar-refractivity contribution in [3.63, 3.8) is 0 Å². The minimum atomic E-state index is -0.833. The van der Waals surface area contributed by atoms with Gasteiger partial charge >= 0.3 is 6.03 Å². The van der Waals surface area contributed by atoms with Gasteiger partial charge in [-0.1, -0.05) is 0 Å². The molecule has 0 bridgehead atoms. The smallest absolute Gasteiger partial charge is 0.309 e. The van der Waals surface area contributed by atoms with Gasteiger partial charge in [0.05, 0.1) is 0 Å². The van der Waals surface area contributed by atoms with Crippen molar-refractivity contribution in [2.45, 2.75) is 13.8 Å². The van der Waals surface area contributed by atoms with Crippen LogP contribution in [0.3, 0.4) is 0 Å². The predicted octanol–water partition coefficient (Wildman–Crippen LogP) is -0.566. The van der Waals surface area contributed by atoms with Crippen LogP contribution in [0.15, 0.2) is 0 Å². The van der Waals surface area contributed by atoms with Crippen molar-refractivity contribution < 1.29 is 14.4 Å². The first-order valence-electron chi connectivity index (χ1n) is 2.27. The molecule has 0 atom stereocenters. The summed E-state index contributed by atoms with van der Waals surface area (Å²) in [5.74, 6) is 0.167. The van der Waals surface area contributed by atoms with Crippen LogP contribution in [0.2, 0.25) is 0 Å². The first-order valence-corrected chi connectivity index (χ1v) is 2.27. The van der Waals surface area contributed by atoms with Gasteiger partial charge in [0.2, 0.25) is 0 Å². The first kappa shape index (κ1) is 15.8. The molecule has 5 nitrogen and oxygen atoms in total. The lowest BCUT2D eigenvalue weighted by atomic mass is 10.6. The molecule has 0 aliphatic heterocycles. The quantitative estimate of drug-likeness (QED) is 0.480. The van der Waals surface area contributed by atoms with Gasteiger partial charge in [-0.15, -0.1) is 0 Å². The summed E-state index contributed by atoms with van der Waals surface area (Å²) in [7, 11) is 0. The highest BCUT2D eigenvalue weighted by molar-refractivity contribution is 5.72. The molecule has 10 heavy (non-hydrogen) atoms. The van der Waals surface area contributed by atoms with Crippen molar-refractivity contribution in [3.05, 3.63) is 0 Å². The third kappa shape index (κ3) is 108. The van der Waals surface area contributed by atoms with Gasteiger partial charge < -0.3 is 21.1 Å². The van der Waals surface area contributed by atoms with E-state index in [9.17, 15) is 4.79 Å². The lowest BCUT2D eigenvalue weighted by Gasteiger charge is -1.62. The maximum absolute atomic E-state index is 9.44. The number of Topliss-reactive ketones (excluding diaryl/α,β-unsaturated/α-hetero) is 1. The average molecular weight is 148 g/mol. The van der Waals surface area contributed by atoms with Crippen molar-refractivity contribution in [3.8, 4) is 0 Å². The van der Waals surface area contributed by atoms with Gasteiger partial charge in [-0.25, -0.2) is 4.79 Å². The highest BCUT2D eigenvalue weighted by atomic mass is 16.2. The van der Waals surface area contributed by atoms with Crippen molar-refractivity contribution in [1.29, 1.82) is 0 Å². The summed E-state index contributed by atoms with van der Waals surface area (Å²) in [4.78, 5) is 26.4. The Labute approximate surface area is 59.4 Å². The Hall–Kier alpha value is -1.39. The fraction of sp³-hybridized carbons (Fsp3) is 0.400. The van der Waals surface area contributed by atoms with Gasteiger partial charge in [-0.05, 0) is 13.8 Å². The van der Waals surface area contributed by atoms with Crippen molar-refractivity contribution >= 4 is 18.6 Å². The number of ketones is 1. The minimum Gasteiger partial charge on any atom is -0.352 e. The van der Waals surface area contributed by atoms with Gasteiger partial charge in [-0.2, -0.15) is 0 Å². The summed E-state index contributed by atoms with van der Waals surface area (Å²) in [6.45, 7) is 5.06. The molecular formula is C5H12N2O3. The molecule has 0 aliphatic rings. The number of urea groups is 1. The lowest BCUT2D eigenvalue weighted by molar-refractivity contribution is -0.115. The summed E-state index contributed by atoms with van der Waals surface area (Å²) < 4.78 is 0. The van der Waals surface area contributed by atoms with Crippen LogP contribution in [-0.2, 0) is 9.59 Å². The molecule has 2 amide bonds. The van der Waals surface area contributed by atoms with Gasteiger partial charge in [0.1, 0.15) is 12.6 Å². The number of hydrogen-bond donors (Lipinski definition) is 2. The van der Waals surface area contributed by atoms with Crippen LogP contribution in [0.5, 0.6) is 0 Å². The van der Waals surface area contributed by atoms with E-state index in [1.165, 1.54) is 13.8 Å². The molecule has 5 heteroatoms. The molecule has 0 aromatic rings. The van der Waals surface area contributed by atoms with E-state index in [1.807, 2.05) is 6.79 Å².